The molecule has 0 unspecified atom stereocenters. The summed E-state index contributed by atoms with van der Waals surface area (Å²) in [6, 6.07) is 6.42. The molecule has 1 amide bonds. The summed E-state index contributed by atoms with van der Waals surface area (Å²) in [5, 5.41) is 13.2. The predicted octanol–water partition coefficient (Wildman–Crippen LogP) is 2.13. The lowest BCUT2D eigenvalue weighted by Gasteiger charge is -2.03. The zero-order valence-electron chi connectivity index (χ0n) is 9.80. The van der Waals surface area contributed by atoms with E-state index in [1.165, 1.54) is 23.9 Å². The van der Waals surface area contributed by atoms with Crippen LogP contribution in [-0.2, 0) is 10.5 Å². The smallest absolute Gasteiger partial charge is 0.269 e. The fourth-order valence-electron chi connectivity index (χ4n) is 1.26. The largest absolute Gasteiger partial charge is 0.352 e. The third-order valence-corrected chi connectivity index (χ3v) is 3.07. The van der Waals surface area contributed by atoms with E-state index < -0.39 is 4.92 Å². The summed E-state index contributed by atoms with van der Waals surface area (Å²) >= 11 is 1.42. The van der Waals surface area contributed by atoms with Gasteiger partial charge >= 0.3 is 0 Å². The van der Waals surface area contributed by atoms with Gasteiger partial charge in [-0.2, -0.15) is 0 Å². The highest BCUT2D eigenvalue weighted by molar-refractivity contribution is 7.99. The normalized spacial score (nSPS) is 9.78. The van der Waals surface area contributed by atoms with Crippen LogP contribution in [0.3, 0.4) is 0 Å². The number of nitrogens with one attached hydrogen (secondary N) is 1. The molecule has 0 fully saturated rings. The van der Waals surface area contributed by atoms with Gasteiger partial charge in [0.1, 0.15) is 0 Å². The van der Waals surface area contributed by atoms with Crippen molar-refractivity contribution in [2.24, 2.45) is 0 Å². The molecule has 0 heterocycles. The molecule has 0 aliphatic rings. The number of carbonyl (C=O) groups excluding carboxylic acids is 1. The summed E-state index contributed by atoms with van der Waals surface area (Å²) in [7, 11) is 0. The minimum atomic E-state index is -0.426. The van der Waals surface area contributed by atoms with Crippen molar-refractivity contribution >= 4 is 23.4 Å². The molecule has 0 saturated carbocycles. The Hall–Kier alpha value is -1.82. The first kappa shape index (κ1) is 14.2. The molecule has 0 aliphatic heterocycles. The first-order chi connectivity index (χ1) is 8.63. The molecule has 1 aromatic carbocycles. The van der Waals surface area contributed by atoms with E-state index in [2.05, 4.69) is 11.9 Å². The lowest BCUT2D eigenvalue weighted by atomic mass is 10.2. The summed E-state index contributed by atoms with van der Waals surface area (Å²) in [6.45, 7) is 3.96. The van der Waals surface area contributed by atoms with Crippen LogP contribution in [0.2, 0.25) is 0 Å². The van der Waals surface area contributed by atoms with Crippen molar-refractivity contribution in [3.8, 4) is 0 Å². The van der Waals surface area contributed by atoms with Crippen molar-refractivity contribution in [3.63, 3.8) is 0 Å². The van der Waals surface area contributed by atoms with E-state index in [4.69, 9.17) is 0 Å². The molecule has 1 rings (SSSR count). The molecule has 18 heavy (non-hydrogen) atoms. The molecule has 0 saturated heterocycles. The standard InChI is InChI=1S/C12H14N2O3S/c1-2-6-13-12(15)9-18-8-10-4-3-5-11(7-10)14(16)17/h2-5,7H,1,6,8-9H2,(H,13,15). The van der Waals surface area contributed by atoms with Crippen molar-refractivity contribution in [3.05, 3.63) is 52.6 Å². The van der Waals surface area contributed by atoms with Crippen molar-refractivity contribution in [1.29, 1.82) is 0 Å². The molecule has 0 spiro atoms. The maximum Gasteiger partial charge on any atom is 0.269 e. The highest BCUT2D eigenvalue weighted by Crippen LogP contribution is 2.17. The van der Waals surface area contributed by atoms with Crippen LogP contribution in [0.15, 0.2) is 36.9 Å². The Morgan fingerprint density at radius 2 is 2.33 bits per heavy atom. The van der Waals surface area contributed by atoms with E-state index in [0.29, 0.717) is 18.1 Å². The van der Waals surface area contributed by atoms with Crippen molar-refractivity contribution < 1.29 is 9.72 Å². The maximum atomic E-state index is 11.3. The minimum absolute atomic E-state index is 0.0645. The van der Waals surface area contributed by atoms with E-state index in [0.717, 1.165) is 5.56 Å². The van der Waals surface area contributed by atoms with Crippen LogP contribution in [0.4, 0.5) is 5.69 Å². The number of hydrogen-bond acceptors (Lipinski definition) is 4. The molecule has 0 bridgehead atoms. The number of nitro groups is 1. The van der Waals surface area contributed by atoms with Crippen molar-refractivity contribution in [2.75, 3.05) is 12.3 Å². The zero-order chi connectivity index (χ0) is 13.4. The number of non-ortho nitro benzene ring substituents is 1. The third-order valence-electron chi connectivity index (χ3n) is 2.07. The molecule has 0 radical (unpaired) electrons. The first-order valence-electron chi connectivity index (χ1n) is 5.32. The molecule has 0 aliphatic carbocycles. The molecular weight excluding hydrogens is 252 g/mol. The van der Waals surface area contributed by atoms with Gasteiger partial charge in [-0.15, -0.1) is 18.3 Å². The SMILES string of the molecule is C=CCNC(=O)CSCc1cccc([N+](=O)[O-])c1. The average Bonchev–Trinajstić information content (AvgIpc) is 2.36. The zero-order valence-corrected chi connectivity index (χ0v) is 10.6. The molecule has 1 aromatic rings. The number of rotatable bonds is 7. The van der Waals surface area contributed by atoms with Crippen LogP contribution in [0, 0.1) is 10.1 Å². The van der Waals surface area contributed by atoms with Gasteiger partial charge in [0, 0.05) is 24.4 Å². The van der Waals surface area contributed by atoms with Crippen LogP contribution >= 0.6 is 11.8 Å². The fraction of sp³-hybridized carbons (Fsp3) is 0.250. The van der Waals surface area contributed by atoms with Gasteiger partial charge < -0.3 is 5.32 Å². The second kappa shape index (κ2) is 7.50. The summed E-state index contributed by atoms with van der Waals surface area (Å²) in [4.78, 5) is 21.4. The predicted molar refractivity (Wildman–Crippen MR) is 72.5 cm³/mol. The van der Waals surface area contributed by atoms with E-state index in [1.807, 2.05) is 6.07 Å². The quantitative estimate of drug-likeness (QED) is 0.466. The Labute approximate surface area is 109 Å². The first-order valence-corrected chi connectivity index (χ1v) is 6.47. The summed E-state index contributed by atoms with van der Waals surface area (Å²) < 4.78 is 0. The minimum Gasteiger partial charge on any atom is -0.352 e. The lowest BCUT2D eigenvalue weighted by molar-refractivity contribution is -0.384. The Morgan fingerprint density at radius 1 is 1.56 bits per heavy atom. The summed E-state index contributed by atoms with van der Waals surface area (Å²) in [5.41, 5.74) is 0.912. The lowest BCUT2D eigenvalue weighted by Crippen LogP contribution is -2.24. The number of nitrogens with zero attached hydrogens (tertiary/aromatic N) is 1. The molecule has 0 atom stereocenters. The molecule has 0 aromatic heterocycles. The topological polar surface area (TPSA) is 72.2 Å². The Bertz CT molecular complexity index is 449. The van der Waals surface area contributed by atoms with E-state index >= 15 is 0 Å². The van der Waals surface area contributed by atoms with Crippen LogP contribution in [0.1, 0.15) is 5.56 Å². The van der Waals surface area contributed by atoms with Crippen molar-refractivity contribution in [2.45, 2.75) is 5.75 Å². The second-order valence-electron chi connectivity index (χ2n) is 3.51. The maximum absolute atomic E-state index is 11.3. The van der Waals surface area contributed by atoms with Gasteiger partial charge in [0.05, 0.1) is 10.7 Å². The van der Waals surface area contributed by atoms with Gasteiger partial charge in [-0.1, -0.05) is 18.2 Å². The number of thioether (sulfide) groups is 1. The van der Waals surface area contributed by atoms with Crippen LogP contribution < -0.4 is 5.32 Å². The Balaban J connectivity index is 2.39. The molecule has 1 N–H and O–H groups in total. The van der Waals surface area contributed by atoms with E-state index in [1.54, 1.807) is 12.1 Å². The Morgan fingerprint density at radius 3 is 3.00 bits per heavy atom. The number of nitro benzene ring substituents is 1. The molecule has 6 heteroatoms. The van der Waals surface area contributed by atoms with Crippen LogP contribution in [-0.4, -0.2) is 23.1 Å². The van der Waals surface area contributed by atoms with Gasteiger partial charge in [0.25, 0.3) is 5.69 Å². The molecule has 96 valence electrons. The van der Waals surface area contributed by atoms with Crippen molar-refractivity contribution in [1.82, 2.24) is 5.32 Å². The van der Waals surface area contributed by atoms with Gasteiger partial charge in [0.2, 0.25) is 5.91 Å². The Kier molecular flexibility index (Phi) is 5.93. The number of hydrogen-bond donors (Lipinski definition) is 1. The van der Waals surface area contributed by atoms with E-state index in [9.17, 15) is 14.9 Å². The highest BCUT2D eigenvalue weighted by atomic mass is 32.2. The third kappa shape index (κ3) is 5.01. The molecular formula is C12H14N2O3S. The summed E-state index contributed by atoms with van der Waals surface area (Å²) in [5.74, 6) is 0.838. The van der Waals surface area contributed by atoms with Gasteiger partial charge in [-0.05, 0) is 5.56 Å². The highest BCUT2D eigenvalue weighted by Gasteiger charge is 2.06. The van der Waals surface area contributed by atoms with Gasteiger partial charge in [-0.3, -0.25) is 14.9 Å². The second-order valence-corrected chi connectivity index (χ2v) is 4.50. The number of carbonyl (C=O) groups is 1. The molecule has 5 nitrogen and oxygen atoms in total. The van der Waals surface area contributed by atoms with Gasteiger partial charge in [-0.25, -0.2) is 0 Å². The number of amides is 1. The monoisotopic (exact) mass is 266 g/mol. The average molecular weight is 266 g/mol. The van der Waals surface area contributed by atoms with Gasteiger partial charge in [0.15, 0.2) is 0 Å². The number of benzene rings is 1. The van der Waals surface area contributed by atoms with E-state index in [-0.39, 0.29) is 11.6 Å². The van der Waals surface area contributed by atoms with Crippen LogP contribution in [0.5, 0.6) is 0 Å². The fourth-order valence-corrected chi connectivity index (χ4v) is 2.06. The van der Waals surface area contributed by atoms with Crippen LogP contribution in [0.25, 0.3) is 0 Å². The summed E-state index contributed by atoms with van der Waals surface area (Å²) in [6.07, 6.45) is 1.61.